The van der Waals surface area contributed by atoms with E-state index >= 15 is 0 Å². The molecule has 0 heterocycles. The van der Waals surface area contributed by atoms with Gasteiger partial charge in [-0.3, -0.25) is 0 Å². The van der Waals surface area contributed by atoms with Crippen LogP contribution in [0.4, 0.5) is 4.79 Å². The standard InChI is InChI=1S/C5H10O3/c1-4(2)8-5(6)7-3/h4H,1-3H3. The fourth-order valence-corrected chi connectivity index (χ4v) is 0.241. The Bertz CT molecular complexity index is 77.7. The minimum absolute atomic E-state index is 0.0950. The number of carbonyl (C=O) groups excluding carboxylic acids is 1. The SMILES string of the molecule is COC(=O)OC(C)C. The normalized spacial score (nSPS) is 9.00. The number of hydrogen-bond acceptors (Lipinski definition) is 3. The minimum Gasteiger partial charge on any atom is -0.438 e. The van der Waals surface area contributed by atoms with E-state index in [2.05, 4.69) is 9.47 Å². The van der Waals surface area contributed by atoms with Crippen molar-refractivity contribution in [3.63, 3.8) is 0 Å². The summed E-state index contributed by atoms with van der Waals surface area (Å²) in [6, 6.07) is 0. The Morgan fingerprint density at radius 2 is 2.00 bits per heavy atom. The van der Waals surface area contributed by atoms with E-state index in [-0.39, 0.29) is 6.10 Å². The zero-order chi connectivity index (χ0) is 6.57. The lowest BCUT2D eigenvalue weighted by atomic mass is 10.5. The molecule has 0 atom stereocenters. The maximum Gasteiger partial charge on any atom is 0.508 e. The predicted molar refractivity (Wildman–Crippen MR) is 28.6 cm³/mol. The third-order valence-electron chi connectivity index (χ3n) is 0.499. The Labute approximate surface area is 48.6 Å². The van der Waals surface area contributed by atoms with Gasteiger partial charge in [0.15, 0.2) is 0 Å². The van der Waals surface area contributed by atoms with E-state index in [0.717, 1.165) is 0 Å². The highest BCUT2D eigenvalue weighted by molar-refractivity contribution is 5.59. The average Bonchev–Trinajstić information content (AvgIpc) is 1.65. The number of methoxy groups -OCH3 is 1. The molecule has 0 spiro atoms. The average molecular weight is 118 g/mol. The molecule has 0 unspecified atom stereocenters. The lowest BCUT2D eigenvalue weighted by molar-refractivity contribution is 0.0496. The lowest BCUT2D eigenvalue weighted by Gasteiger charge is -2.03. The fourth-order valence-electron chi connectivity index (χ4n) is 0.241. The molecule has 0 saturated carbocycles. The van der Waals surface area contributed by atoms with Crippen LogP contribution in [0.3, 0.4) is 0 Å². The highest BCUT2D eigenvalue weighted by Crippen LogP contribution is 1.89. The van der Waals surface area contributed by atoms with Crippen LogP contribution in [0.1, 0.15) is 13.8 Å². The molecule has 0 fully saturated rings. The van der Waals surface area contributed by atoms with Gasteiger partial charge in [0, 0.05) is 0 Å². The van der Waals surface area contributed by atoms with Crippen molar-refractivity contribution in [2.24, 2.45) is 0 Å². The van der Waals surface area contributed by atoms with Crippen LogP contribution in [-0.4, -0.2) is 19.4 Å². The van der Waals surface area contributed by atoms with Gasteiger partial charge in [0.2, 0.25) is 0 Å². The number of ether oxygens (including phenoxy) is 2. The van der Waals surface area contributed by atoms with Crippen molar-refractivity contribution in [2.75, 3.05) is 7.11 Å². The van der Waals surface area contributed by atoms with E-state index in [0.29, 0.717) is 0 Å². The first-order chi connectivity index (χ1) is 3.66. The molecule has 0 aliphatic carbocycles. The molecule has 0 aliphatic rings. The molecular formula is C5H10O3. The van der Waals surface area contributed by atoms with Crippen molar-refractivity contribution < 1.29 is 14.3 Å². The van der Waals surface area contributed by atoms with Crippen molar-refractivity contribution >= 4 is 6.16 Å². The molecule has 48 valence electrons. The number of carbonyl (C=O) groups is 1. The molecule has 0 aliphatic heterocycles. The largest absolute Gasteiger partial charge is 0.508 e. The maximum absolute atomic E-state index is 10.2. The number of hydrogen-bond donors (Lipinski definition) is 0. The summed E-state index contributed by atoms with van der Waals surface area (Å²) in [6.45, 7) is 3.52. The third-order valence-corrected chi connectivity index (χ3v) is 0.499. The van der Waals surface area contributed by atoms with Gasteiger partial charge in [-0.25, -0.2) is 4.79 Å². The van der Waals surface area contributed by atoms with Gasteiger partial charge in [0.25, 0.3) is 0 Å². The van der Waals surface area contributed by atoms with Gasteiger partial charge in [-0.15, -0.1) is 0 Å². The molecule has 3 heteroatoms. The number of rotatable bonds is 1. The highest BCUT2D eigenvalue weighted by Gasteiger charge is 2.01. The summed E-state index contributed by atoms with van der Waals surface area (Å²) < 4.78 is 8.74. The van der Waals surface area contributed by atoms with Crippen LogP contribution in [-0.2, 0) is 9.47 Å². The van der Waals surface area contributed by atoms with Gasteiger partial charge >= 0.3 is 6.16 Å². The van der Waals surface area contributed by atoms with E-state index in [9.17, 15) is 4.79 Å². The molecule has 0 saturated heterocycles. The summed E-state index contributed by atoms with van der Waals surface area (Å²) in [4.78, 5) is 10.2. The summed E-state index contributed by atoms with van der Waals surface area (Å²) in [5.41, 5.74) is 0. The molecule has 0 bridgehead atoms. The Balaban J connectivity index is 3.25. The van der Waals surface area contributed by atoms with Crippen molar-refractivity contribution in [1.82, 2.24) is 0 Å². The van der Waals surface area contributed by atoms with E-state index < -0.39 is 6.16 Å². The molecule has 0 amide bonds. The molecule has 0 aromatic heterocycles. The van der Waals surface area contributed by atoms with Gasteiger partial charge < -0.3 is 9.47 Å². The topological polar surface area (TPSA) is 35.5 Å². The van der Waals surface area contributed by atoms with E-state index in [1.165, 1.54) is 7.11 Å². The first kappa shape index (κ1) is 7.27. The van der Waals surface area contributed by atoms with Crippen LogP contribution in [0.25, 0.3) is 0 Å². The molecule has 0 aromatic rings. The summed E-state index contributed by atoms with van der Waals surface area (Å²) in [7, 11) is 1.28. The smallest absolute Gasteiger partial charge is 0.438 e. The second kappa shape index (κ2) is 3.29. The van der Waals surface area contributed by atoms with E-state index in [4.69, 9.17) is 0 Å². The van der Waals surface area contributed by atoms with Gasteiger partial charge in [-0.2, -0.15) is 0 Å². The Kier molecular flexibility index (Phi) is 2.99. The van der Waals surface area contributed by atoms with Crippen LogP contribution < -0.4 is 0 Å². The zero-order valence-corrected chi connectivity index (χ0v) is 5.30. The molecule has 0 radical (unpaired) electrons. The predicted octanol–water partition coefficient (Wildman–Crippen LogP) is 1.18. The van der Waals surface area contributed by atoms with Crippen molar-refractivity contribution in [1.29, 1.82) is 0 Å². The quantitative estimate of drug-likeness (QED) is 0.485. The van der Waals surface area contributed by atoms with E-state index in [1.54, 1.807) is 13.8 Å². The van der Waals surface area contributed by atoms with Crippen LogP contribution in [0.15, 0.2) is 0 Å². The minimum atomic E-state index is -0.625. The van der Waals surface area contributed by atoms with Crippen LogP contribution in [0.2, 0.25) is 0 Å². The van der Waals surface area contributed by atoms with Crippen LogP contribution >= 0.6 is 0 Å². The molecular weight excluding hydrogens is 108 g/mol. The second-order valence-corrected chi connectivity index (χ2v) is 1.62. The summed E-state index contributed by atoms with van der Waals surface area (Å²) in [5, 5.41) is 0. The Hall–Kier alpha value is -0.730. The first-order valence-electron chi connectivity index (χ1n) is 2.41. The van der Waals surface area contributed by atoms with E-state index in [1.807, 2.05) is 0 Å². The molecule has 0 aromatic carbocycles. The summed E-state index contributed by atoms with van der Waals surface area (Å²) in [6.07, 6.45) is -0.720. The molecule has 3 nitrogen and oxygen atoms in total. The first-order valence-corrected chi connectivity index (χ1v) is 2.41. The van der Waals surface area contributed by atoms with Crippen LogP contribution in [0.5, 0.6) is 0 Å². The molecule has 8 heavy (non-hydrogen) atoms. The fraction of sp³-hybridized carbons (Fsp3) is 0.800. The summed E-state index contributed by atoms with van der Waals surface area (Å²) in [5.74, 6) is 0. The van der Waals surface area contributed by atoms with Crippen LogP contribution in [0, 0.1) is 0 Å². The summed E-state index contributed by atoms with van der Waals surface area (Å²) >= 11 is 0. The Morgan fingerprint density at radius 1 is 1.50 bits per heavy atom. The van der Waals surface area contributed by atoms with Gasteiger partial charge in [-0.1, -0.05) is 0 Å². The lowest BCUT2D eigenvalue weighted by Crippen LogP contribution is -2.10. The monoisotopic (exact) mass is 118 g/mol. The molecule has 0 rings (SSSR count). The van der Waals surface area contributed by atoms with Crippen molar-refractivity contribution in [3.8, 4) is 0 Å². The molecule has 0 N–H and O–H groups in total. The van der Waals surface area contributed by atoms with Crippen molar-refractivity contribution in [3.05, 3.63) is 0 Å². The van der Waals surface area contributed by atoms with Crippen molar-refractivity contribution in [2.45, 2.75) is 20.0 Å². The van der Waals surface area contributed by atoms with Gasteiger partial charge in [-0.05, 0) is 13.8 Å². The van der Waals surface area contributed by atoms with Gasteiger partial charge in [0.05, 0.1) is 13.2 Å². The second-order valence-electron chi connectivity index (χ2n) is 1.62. The van der Waals surface area contributed by atoms with Gasteiger partial charge in [0.1, 0.15) is 0 Å². The third kappa shape index (κ3) is 3.46. The highest BCUT2D eigenvalue weighted by atomic mass is 16.7. The Morgan fingerprint density at radius 3 is 2.12 bits per heavy atom. The zero-order valence-electron chi connectivity index (χ0n) is 5.30. The maximum atomic E-state index is 10.2.